The van der Waals surface area contributed by atoms with Crippen LogP contribution >= 0.6 is 0 Å². The van der Waals surface area contributed by atoms with Gasteiger partial charge in [0.05, 0.1) is 18.0 Å². The highest BCUT2D eigenvalue weighted by molar-refractivity contribution is 7.89. The van der Waals surface area contributed by atoms with Crippen molar-refractivity contribution in [1.82, 2.24) is 9.62 Å². The van der Waals surface area contributed by atoms with Crippen LogP contribution in [0, 0.1) is 5.82 Å². The van der Waals surface area contributed by atoms with Gasteiger partial charge in [-0.25, -0.2) is 12.8 Å². The highest BCUT2D eigenvalue weighted by Gasteiger charge is 2.27. The number of methoxy groups -OCH3 is 1. The van der Waals surface area contributed by atoms with Crippen molar-refractivity contribution in [2.24, 2.45) is 0 Å². The molecule has 0 fully saturated rings. The zero-order valence-corrected chi connectivity index (χ0v) is 16.1. The van der Waals surface area contributed by atoms with E-state index in [1.807, 2.05) is 6.07 Å². The fourth-order valence-corrected chi connectivity index (χ4v) is 3.93. The Kier molecular flexibility index (Phi) is 7.46. The standard InChI is InChI=1S/C19H23FN2O4S/c1-15(14-26-2)21-19(23)13-22(12-16-6-4-3-5-7-16)27(24,25)18-10-8-17(20)9-11-18/h3-11,15H,12-14H2,1-2H3,(H,21,23)/t15-/m1/s1. The minimum absolute atomic E-state index is 0.0205. The Morgan fingerprint density at radius 3 is 2.37 bits per heavy atom. The third kappa shape index (κ3) is 6.13. The van der Waals surface area contributed by atoms with Crippen LogP contribution in [-0.2, 0) is 26.1 Å². The fraction of sp³-hybridized carbons (Fsp3) is 0.316. The molecule has 0 radical (unpaired) electrons. The van der Waals surface area contributed by atoms with Crippen LogP contribution in [0.5, 0.6) is 0 Å². The lowest BCUT2D eigenvalue weighted by Gasteiger charge is -2.23. The zero-order chi connectivity index (χ0) is 19.9. The van der Waals surface area contributed by atoms with E-state index in [-0.39, 0.29) is 24.0 Å². The highest BCUT2D eigenvalue weighted by atomic mass is 32.2. The van der Waals surface area contributed by atoms with Gasteiger partial charge in [0.25, 0.3) is 0 Å². The summed E-state index contributed by atoms with van der Waals surface area (Å²) in [6.07, 6.45) is 0. The SMILES string of the molecule is COC[C@@H](C)NC(=O)CN(Cc1ccccc1)S(=O)(=O)c1ccc(F)cc1. The molecule has 0 unspecified atom stereocenters. The van der Waals surface area contributed by atoms with E-state index in [1.54, 1.807) is 31.2 Å². The average Bonchev–Trinajstić information content (AvgIpc) is 2.62. The number of nitrogens with zero attached hydrogens (tertiary/aromatic N) is 1. The van der Waals surface area contributed by atoms with E-state index >= 15 is 0 Å². The Labute approximate surface area is 159 Å². The quantitative estimate of drug-likeness (QED) is 0.707. The monoisotopic (exact) mass is 394 g/mol. The van der Waals surface area contributed by atoms with Crippen LogP contribution in [0.3, 0.4) is 0 Å². The van der Waals surface area contributed by atoms with Crippen molar-refractivity contribution in [2.75, 3.05) is 20.3 Å². The number of amides is 1. The molecule has 0 saturated carbocycles. The number of hydrogen-bond donors (Lipinski definition) is 1. The van der Waals surface area contributed by atoms with E-state index in [0.717, 1.165) is 22.0 Å². The van der Waals surface area contributed by atoms with Gasteiger partial charge < -0.3 is 10.1 Å². The Morgan fingerprint density at radius 2 is 1.78 bits per heavy atom. The van der Waals surface area contributed by atoms with Crippen LogP contribution < -0.4 is 5.32 Å². The number of rotatable bonds is 9. The molecule has 0 saturated heterocycles. The fourth-order valence-electron chi connectivity index (χ4n) is 2.54. The van der Waals surface area contributed by atoms with Crippen LogP contribution in [0.25, 0.3) is 0 Å². The van der Waals surface area contributed by atoms with E-state index in [4.69, 9.17) is 4.74 Å². The normalized spacial score (nSPS) is 12.7. The Bertz CT molecular complexity index is 842. The maximum atomic E-state index is 13.2. The summed E-state index contributed by atoms with van der Waals surface area (Å²) in [5, 5.41) is 2.70. The summed E-state index contributed by atoms with van der Waals surface area (Å²) in [5.74, 6) is -0.976. The van der Waals surface area contributed by atoms with Crippen molar-refractivity contribution in [2.45, 2.75) is 24.4 Å². The van der Waals surface area contributed by atoms with Crippen LogP contribution in [-0.4, -0.2) is 44.9 Å². The van der Waals surface area contributed by atoms with Gasteiger partial charge >= 0.3 is 0 Å². The molecule has 0 aliphatic rings. The molecule has 6 nitrogen and oxygen atoms in total. The van der Waals surface area contributed by atoms with Crippen molar-refractivity contribution in [3.8, 4) is 0 Å². The first-order valence-electron chi connectivity index (χ1n) is 8.41. The molecule has 0 aromatic heterocycles. The first-order chi connectivity index (χ1) is 12.8. The van der Waals surface area contributed by atoms with Crippen molar-refractivity contribution in [3.05, 3.63) is 66.0 Å². The van der Waals surface area contributed by atoms with Crippen molar-refractivity contribution in [1.29, 1.82) is 0 Å². The third-order valence-corrected chi connectivity index (χ3v) is 5.60. The van der Waals surface area contributed by atoms with Crippen LogP contribution in [0.15, 0.2) is 59.5 Å². The lowest BCUT2D eigenvalue weighted by molar-refractivity contribution is -0.122. The van der Waals surface area contributed by atoms with Gasteiger partial charge in [0.2, 0.25) is 15.9 Å². The van der Waals surface area contributed by atoms with E-state index in [1.165, 1.54) is 19.2 Å². The molecule has 2 aromatic rings. The predicted molar refractivity (Wildman–Crippen MR) is 99.9 cm³/mol. The van der Waals surface area contributed by atoms with Crippen LogP contribution in [0.2, 0.25) is 0 Å². The maximum Gasteiger partial charge on any atom is 0.243 e. The summed E-state index contributed by atoms with van der Waals surface area (Å²) in [4.78, 5) is 12.3. The second kappa shape index (κ2) is 9.59. The highest BCUT2D eigenvalue weighted by Crippen LogP contribution is 2.18. The van der Waals surface area contributed by atoms with E-state index in [9.17, 15) is 17.6 Å². The first kappa shape index (κ1) is 21.0. The Morgan fingerprint density at radius 1 is 1.15 bits per heavy atom. The second-order valence-corrected chi connectivity index (χ2v) is 8.07. The van der Waals surface area contributed by atoms with Gasteiger partial charge in [-0.05, 0) is 36.8 Å². The number of benzene rings is 2. The van der Waals surface area contributed by atoms with Gasteiger partial charge in [0, 0.05) is 19.7 Å². The van der Waals surface area contributed by atoms with Gasteiger partial charge in [-0.15, -0.1) is 0 Å². The molecule has 8 heteroatoms. The molecule has 146 valence electrons. The molecule has 0 spiro atoms. The number of halogens is 1. The number of nitrogens with one attached hydrogen (secondary N) is 1. The Hall–Kier alpha value is -2.29. The summed E-state index contributed by atoms with van der Waals surface area (Å²) in [6.45, 7) is 1.74. The smallest absolute Gasteiger partial charge is 0.243 e. The van der Waals surface area contributed by atoms with Gasteiger partial charge in [-0.1, -0.05) is 30.3 Å². The van der Waals surface area contributed by atoms with Gasteiger partial charge in [-0.2, -0.15) is 4.31 Å². The number of carbonyl (C=O) groups is 1. The lowest BCUT2D eigenvalue weighted by atomic mass is 10.2. The molecule has 0 aliphatic heterocycles. The molecule has 2 aromatic carbocycles. The minimum atomic E-state index is -3.98. The molecule has 0 aliphatic carbocycles. The summed E-state index contributed by atoms with van der Waals surface area (Å²) in [7, 11) is -2.47. The maximum absolute atomic E-state index is 13.2. The molecular weight excluding hydrogens is 371 g/mol. The molecule has 0 bridgehead atoms. The van der Waals surface area contributed by atoms with Crippen LogP contribution in [0.1, 0.15) is 12.5 Å². The topological polar surface area (TPSA) is 75.7 Å². The zero-order valence-electron chi connectivity index (χ0n) is 15.3. The van der Waals surface area contributed by atoms with E-state index in [2.05, 4.69) is 5.32 Å². The number of sulfonamides is 1. The first-order valence-corrected chi connectivity index (χ1v) is 9.85. The number of carbonyl (C=O) groups excluding carboxylic acids is 1. The largest absolute Gasteiger partial charge is 0.383 e. The summed E-state index contributed by atoms with van der Waals surface area (Å²) in [6, 6.07) is 13.2. The number of ether oxygens (including phenoxy) is 1. The predicted octanol–water partition coefficient (Wildman–Crippen LogP) is 2.17. The molecule has 1 atom stereocenters. The summed E-state index contributed by atoms with van der Waals surface area (Å²) in [5.41, 5.74) is 0.737. The van der Waals surface area contributed by atoms with Gasteiger partial charge in [0.15, 0.2) is 0 Å². The van der Waals surface area contributed by atoms with Crippen molar-refractivity contribution in [3.63, 3.8) is 0 Å². The van der Waals surface area contributed by atoms with Gasteiger partial charge in [0.1, 0.15) is 5.82 Å². The molecule has 2 rings (SSSR count). The van der Waals surface area contributed by atoms with Crippen LogP contribution in [0.4, 0.5) is 4.39 Å². The molecule has 1 amide bonds. The van der Waals surface area contributed by atoms with Crippen molar-refractivity contribution < 1.29 is 22.3 Å². The number of hydrogen-bond acceptors (Lipinski definition) is 4. The summed E-state index contributed by atoms with van der Waals surface area (Å²) >= 11 is 0. The molecule has 27 heavy (non-hydrogen) atoms. The Balaban J connectivity index is 2.26. The molecule has 0 heterocycles. The summed E-state index contributed by atoms with van der Waals surface area (Å²) < 4.78 is 45.2. The van der Waals surface area contributed by atoms with E-state index in [0.29, 0.717) is 6.61 Å². The van der Waals surface area contributed by atoms with E-state index < -0.39 is 21.7 Å². The second-order valence-electron chi connectivity index (χ2n) is 6.14. The van der Waals surface area contributed by atoms with Crippen molar-refractivity contribution >= 4 is 15.9 Å². The van der Waals surface area contributed by atoms with Gasteiger partial charge in [-0.3, -0.25) is 4.79 Å². The lowest BCUT2D eigenvalue weighted by Crippen LogP contribution is -2.44. The third-order valence-electron chi connectivity index (χ3n) is 3.80. The molecular formula is C19H23FN2O4S. The molecule has 1 N–H and O–H groups in total. The average molecular weight is 394 g/mol. The minimum Gasteiger partial charge on any atom is -0.383 e.